The topological polar surface area (TPSA) is 96.4 Å². The van der Waals surface area contributed by atoms with Gasteiger partial charge in [0.1, 0.15) is 17.6 Å². The van der Waals surface area contributed by atoms with Gasteiger partial charge in [-0.3, -0.25) is 14.4 Å². The highest BCUT2D eigenvalue weighted by Gasteiger charge is 2.66. The second kappa shape index (κ2) is 7.99. The summed E-state index contributed by atoms with van der Waals surface area (Å²) in [5, 5.41) is 11.5. The smallest absolute Gasteiger partial charge is 0.296 e. The van der Waals surface area contributed by atoms with Crippen LogP contribution in [0.5, 0.6) is 5.75 Å². The predicted molar refractivity (Wildman–Crippen MR) is 125 cm³/mol. The number of ketones is 1. The van der Waals surface area contributed by atoms with Gasteiger partial charge in [0.05, 0.1) is 5.57 Å². The second-order valence-corrected chi connectivity index (χ2v) is 8.90. The summed E-state index contributed by atoms with van der Waals surface area (Å²) in [6, 6.07) is 12.2. The van der Waals surface area contributed by atoms with E-state index in [-0.39, 0.29) is 24.0 Å². The van der Waals surface area contributed by atoms with Crippen LogP contribution in [0, 0.1) is 0 Å². The van der Waals surface area contributed by atoms with E-state index in [0.29, 0.717) is 36.3 Å². The van der Waals surface area contributed by atoms with Crippen LogP contribution < -0.4 is 9.64 Å². The van der Waals surface area contributed by atoms with E-state index in [9.17, 15) is 19.5 Å². The van der Waals surface area contributed by atoms with Crippen LogP contribution >= 0.6 is 0 Å². The summed E-state index contributed by atoms with van der Waals surface area (Å²) in [5.41, 5.74) is 0.413. The van der Waals surface area contributed by atoms with E-state index in [1.807, 2.05) is 6.92 Å². The fourth-order valence-electron chi connectivity index (χ4n) is 5.35. The maximum Gasteiger partial charge on any atom is 0.296 e. The summed E-state index contributed by atoms with van der Waals surface area (Å²) < 4.78 is 10.9. The third kappa shape index (κ3) is 2.91. The largest absolute Gasteiger partial charge is 0.507 e. The van der Waals surface area contributed by atoms with Crippen molar-refractivity contribution in [3.63, 3.8) is 0 Å². The lowest BCUT2D eigenvalue weighted by molar-refractivity contribution is -0.143. The zero-order valence-corrected chi connectivity index (χ0v) is 19.3. The molecular formula is C26H26N2O6. The number of methoxy groups -OCH3 is 1. The molecule has 8 nitrogen and oxygen atoms in total. The number of amides is 2. The highest BCUT2D eigenvalue weighted by atomic mass is 16.5. The van der Waals surface area contributed by atoms with Crippen molar-refractivity contribution in [1.82, 2.24) is 4.90 Å². The molecule has 1 spiro atoms. The molecule has 0 radical (unpaired) electrons. The number of rotatable bonds is 5. The van der Waals surface area contributed by atoms with E-state index < -0.39 is 23.1 Å². The molecule has 2 unspecified atom stereocenters. The maximum atomic E-state index is 13.9. The number of ether oxygens (including phenoxy) is 2. The first kappa shape index (κ1) is 22.2. The molecular weight excluding hydrogens is 436 g/mol. The van der Waals surface area contributed by atoms with E-state index in [4.69, 9.17) is 9.47 Å². The first-order chi connectivity index (χ1) is 16.3. The van der Waals surface area contributed by atoms with Gasteiger partial charge in [-0.15, -0.1) is 0 Å². The van der Waals surface area contributed by atoms with Gasteiger partial charge in [-0.2, -0.15) is 0 Å². The number of hydrogen-bond acceptors (Lipinski definition) is 6. The molecule has 1 fully saturated rings. The Labute approximate surface area is 197 Å². The molecule has 34 heavy (non-hydrogen) atoms. The average molecular weight is 463 g/mol. The molecule has 1 saturated heterocycles. The van der Waals surface area contributed by atoms with Crippen molar-refractivity contribution >= 4 is 29.0 Å². The van der Waals surface area contributed by atoms with Gasteiger partial charge < -0.3 is 24.4 Å². The molecule has 3 heterocycles. The molecule has 2 aromatic rings. The third-order valence-electron chi connectivity index (χ3n) is 6.84. The summed E-state index contributed by atoms with van der Waals surface area (Å²) in [6.07, 6.45) is 1.10. The minimum absolute atomic E-state index is 0.00860. The van der Waals surface area contributed by atoms with Gasteiger partial charge in [0.25, 0.3) is 17.6 Å². The van der Waals surface area contributed by atoms with Crippen LogP contribution in [0.4, 0.5) is 5.69 Å². The molecule has 2 atom stereocenters. The molecule has 2 amide bonds. The number of likely N-dealkylation sites (tertiary alicyclic amines) is 1. The van der Waals surface area contributed by atoms with Crippen molar-refractivity contribution in [2.45, 2.75) is 31.4 Å². The summed E-state index contributed by atoms with van der Waals surface area (Å²) in [4.78, 5) is 43.4. The lowest BCUT2D eigenvalue weighted by Gasteiger charge is -2.34. The van der Waals surface area contributed by atoms with E-state index >= 15 is 0 Å². The molecule has 0 aromatic heterocycles. The van der Waals surface area contributed by atoms with Crippen LogP contribution in [0.3, 0.4) is 0 Å². The number of carbonyl (C=O) groups is 3. The summed E-state index contributed by atoms with van der Waals surface area (Å²) in [7, 11) is 3.16. The Balaban J connectivity index is 1.75. The number of carbonyl (C=O) groups excluding carboxylic acids is 3. The SMILES string of the molecule is COCCCN1C(=O)C(=O)/C(=C(/O)c2ccc3c(c2)CC(C)O3)C12C(=O)N(C)c1ccccc12. The van der Waals surface area contributed by atoms with Crippen molar-refractivity contribution in [3.05, 3.63) is 64.7 Å². The Hall–Kier alpha value is -3.65. The van der Waals surface area contributed by atoms with Gasteiger partial charge in [-0.1, -0.05) is 18.2 Å². The summed E-state index contributed by atoms with van der Waals surface area (Å²) in [6.45, 7) is 2.43. The van der Waals surface area contributed by atoms with Crippen LogP contribution in [0.2, 0.25) is 0 Å². The van der Waals surface area contributed by atoms with Crippen molar-refractivity contribution in [3.8, 4) is 5.75 Å². The standard InChI is InChI=1S/C26H26N2O6/c1-15-13-17-14-16(9-10-20(17)34-15)22(29)21-23(30)24(31)28(11-6-12-33-3)26(21)18-7-4-5-8-19(18)27(2)25(26)32/h4-5,7-10,14-15,29H,6,11-13H2,1-3H3/b22-21-. The number of benzene rings is 2. The fraction of sp³-hybridized carbons (Fsp3) is 0.346. The number of Topliss-reactive ketones (excluding diaryl/α,β-unsaturated/α-hetero) is 1. The van der Waals surface area contributed by atoms with Crippen LogP contribution in [0.15, 0.2) is 48.0 Å². The number of hydrogen-bond donors (Lipinski definition) is 1. The Morgan fingerprint density at radius 3 is 2.74 bits per heavy atom. The molecule has 0 aliphatic carbocycles. The molecule has 8 heteroatoms. The Kier molecular flexibility index (Phi) is 5.20. The molecule has 0 saturated carbocycles. The Bertz CT molecular complexity index is 1250. The Morgan fingerprint density at radius 1 is 1.21 bits per heavy atom. The summed E-state index contributed by atoms with van der Waals surface area (Å²) >= 11 is 0. The van der Waals surface area contributed by atoms with Crippen molar-refractivity contribution < 1.29 is 29.0 Å². The van der Waals surface area contributed by atoms with Gasteiger partial charge in [0.15, 0.2) is 5.54 Å². The maximum absolute atomic E-state index is 13.9. The van der Waals surface area contributed by atoms with Gasteiger partial charge in [0.2, 0.25) is 0 Å². The van der Waals surface area contributed by atoms with Crippen LogP contribution in [0.25, 0.3) is 5.76 Å². The normalized spacial score (nSPS) is 24.7. The van der Waals surface area contributed by atoms with Gasteiger partial charge in [-0.25, -0.2) is 0 Å². The van der Waals surface area contributed by atoms with Gasteiger partial charge in [0, 0.05) is 50.5 Å². The first-order valence-corrected chi connectivity index (χ1v) is 11.3. The number of para-hydroxylation sites is 1. The first-order valence-electron chi connectivity index (χ1n) is 11.3. The zero-order valence-electron chi connectivity index (χ0n) is 19.3. The molecule has 3 aliphatic rings. The van der Waals surface area contributed by atoms with Gasteiger partial charge >= 0.3 is 0 Å². The van der Waals surface area contributed by atoms with E-state index in [0.717, 1.165) is 11.3 Å². The number of nitrogens with zero attached hydrogens (tertiary/aromatic N) is 2. The van der Waals surface area contributed by atoms with E-state index in [2.05, 4.69) is 0 Å². The molecule has 2 aromatic carbocycles. The minimum atomic E-state index is -1.74. The molecule has 0 bridgehead atoms. The third-order valence-corrected chi connectivity index (χ3v) is 6.84. The van der Waals surface area contributed by atoms with Crippen LogP contribution in [0.1, 0.15) is 30.0 Å². The monoisotopic (exact) mass is 462 g/mol. The predicted octanol–water partition coefficient (Wildman–Crippen LogP) is 2.60. The zero-order chi connectivity index (χ0) is 24.2. The molecule has 176 valence electrons. The Morgan fingerprint density at radius 2 is 1.97 bits per heavy atom. The van der Waals surface area contributed by atoms with Crippen LogP contribution in [-0.2, 0) is 31.1 Å². The lowest BCUT2D eigenvalue weighted by atomic mass is 9.81. The molecule has 1 N–H and O–H groups in total. The fourth-order valence-corrected chi connectivity index (χ4v) is 5.35. The lowest BCUT2D eigenvalue weighted by Crippen LogP contribution is -2.51. The quantitative estimate of drug-likeness (QED) is 0.318. The van der Waals surface area contributed by atoms with Gasteiger partial charge in [-0.05, 0) is 43.2 Å². The van der Waals surface area contributed by atoms with E-state index in [1.165, 1.54) is 9.80 Å². The number of fused-ring (bicyclic) bond motifs is 3. The van der Waals surface area contributed by atoms with E-state index in [1.54, 1.807) is 56.6 Å². The van der Waals surface area contributed by atoms with Crippen LogP contribution in [-0.4, -0.2) is 61.0 Å². The summed E-state index contributed by atoms with van der Waals surface area (Å²) in [5.74, 6) is -1.79. The molecule has 5 rings (SSSR count). The van der Waals surface area contributed by atoms with Crippen molar-refractivity contribution in [2.75, 3.05) is 32.2 Å². The average Bonchev–Trinajstić information content (AvgIpc) is 3.39. The van der Waals surface area contributed by atoms with Crippen molar-refractivity contribution in [1.29, 1.82) is 0 Å². The van der Waals surface area contributed by atoms with Crippen molar-refractivity contribution in [2.24, 2.45) is 0 Å². The highest BCUT2D eigenvalue weighted by molar-refractivity contribution is 6.50. The highest BCUT2D eigenvalue weighted by Crippen LogP contribution is 2.53. The minimum Gasteiger partial charge on any atom is -0.507 e. The number of aliphatic hydroxyl groups is 1. The number of anilines is 1. The number of likely N-dealkylation sites (N-methyl/N-ethyl adjacent to an activating group) is 1. The number of aliphatic hydroxyl groups excluding tert-OH is 1. The second-order valence-electron chi connectivity index (χ2n) is 8.90. The molecule has 3 aliphatic heterocycles.